The molecular formula is C19H19N3O6. The molecule has 2 aromatic carbocycles. The van der Waals surface area contributed by atoms with Crippen LogP contribution >= 0.6 is 0 Å². The Hall–Kier alpha value is -3.62. The first kappa shape index (κ1) is 19.2. The van der Waals surface area contributed by atoms with Gasteiger partial charge in [0, 0.05) is 30.9 Å². The second-order valence-corrected chi connectivity index (χ2v) is 6.50. The molecule has 3 N–H and O–H groups in total. The maximum Gasteiger partial charge on any atom is 0.339 e. The fraction of sp³-hybridized carbons (Fsp3) is 0.263. The van der Waals surface area contributed by atoms with Crippen LogP contribution in [0.2, 0.25) is 0 Å². The molecule has 0 aromatic heterocycles. The minimum Gasteiger partial charge on any atom is -0.507 e. The summed E-state index contributed by atoms with van der Waals surface area (Å²) in [7, 11) is 0. The molecule has 1 amide bonds. The van der Waals surface area contributed by atoms with Crippen LogP contribution in [0.25, 0.3) is 0 Å². The third-order valence-corrected chi connectivity index (χ3v) is 4.62. The van der Waals surface area contributed by atoms with E-state index in [9.17, 15) is 24.8 Å². The molecule has 0 saturated carbocycles. The van der Waals surface area contributed by atoms with Crippen molar-refractivity contribution in [1.82, 2.24) is 0 Å². The molecule has 1 aliphatic heterocycles. The number of carbonyl (C=O) groups excluding carboxylic acids is 1. The van der Waals surface area contributed by atoms with Crippen molar-refractivity contribution in [3.05, 3.63) is 57.6 Å². The van der Waals surface area contributed by atoms with Crippen LogP contribution in [0.4, 0.5) is 17.1 Å². The number of carbonyl (C=O) groups is 2. The van der Waals surface area contributed by atoms with Crippen molar-refractivity contribution >= 4 is 28.9 Å². The number of rotatable bonds is 5. The molecule has 1 heterocycles. The predicted molar refractivity (Wildman–Crippen MR) is 102 cm³/mol. The smallest absolute Gasteiger partial charge is 0.339 e. The van der Waals surface area contributed by atoms with E-state index in [1.54, 1.807) is 6.07 Å². The molecule has 0 spiro atoms. The van der Waals surface area contributed by atoms with E-state index in [0.29, 0.717) is 5.69 Å². The molecule has 1 aliphatic rings. The molecule has 9 nitrogen and oxygen atoms in total. The van der Waals surface area contributed by atoms with E-state index >= 15 is 0 Å². The molecule has 1 saturated heterocycles. The van der Waals surface area contributed by atoms with E-state index in [2.05, 4.69) is 5.32 Å². The van der Waals surface area contributed by atoms with E-state index in [0.717, 1.165) is 44.5 Å². The van der Waals surface area contributed by atoms with Gasteiger partial charge >= 0.3 is 5.97 Å². The SMILES string of the molecule is O=C(O)c1cc(NC(=O)c2cc([N+](=O)[O-])ccc2N2CCCCC2)ccc1O. The average Bonchev–Trinajstić information content (AvgIpc) is 2.69. The molecule has 0 atom stereocenters. The summed E-state index contributed by atoms with van der Waals surface area (Å²) < 4.78 is 0. The average molecular weight is 385 g/mol. The van der Waals surface area contributed by atoms with Gasteiger partial charge in [-0.2, -0.15) is 0 Å². The van der Waals surface area contributed by atoms with Gasteiger partial charge in [0.2, 0.25) is 0 Å². The van der Waals surface area contributed by atoms with Crippen LogP contribution in [-0.4, -0.2) is 40.1 Å². The minimum atomic E-state index is -1.34. The quantitative estimate of drug-likeness (QED) is 0.409. The van der Waals surface area contributed by atoms with Gasteiger partial charge in [-0.3, -0.25) is 14.9 Å². The normalized spacial score (nSPS) is 13.8. The van der Waals surface area contributed by atoms with E-state index in [-0.39, 0.29) is 22.5 Å². The van der Waals surface area contributed by atoms with Crippen molar-refractivity contribution in [2.75, 3.05) is 23.3 Å². The number of hydrogen-bond acceptors (Lipinski definition) is 6. The molecule has 2 aromatic rings. The fourth-order valence-corrected chi connectivity index (χ4v) is 3.21. The van der Waals surface area contributed by atoms with E-state index < -0.39 is 22.5 Å². The Morgan fingerprint density at radius 3 is 2.39 bits per heavy atom. The maximum absolute atomic E-state index is 12.8. The predicted octanol–water partition coefficient (Wildman–Crippen LogP) is 3.24. The number of hydrogen-bond donors (Lipinski definition) is 3. The number of benzene rings is 2. The van der Waals surface area contributed by atoms with Crippen LogP contribution in [0.15, 0.2) is 36.4 Å². The third-order valence-electron chi connectivity index (χ3n) is 4.62. The van der Waals surface area contributed by atoms with Gasteiger partial charge in [-0.1, -0.05) is 0 Å². The van der Waals surface area contributed by atoms with Gasteiger partial charge in [0.25, 0.3) is 11.6 Å². The lowest BCUT2D eigenvalue weighted by molar-refractivity contribution is -0.384. The van der Waals surface area contributed by atoms with E-state index in [1.807, 2.05) is 4.90 Å². The number of anilines is 2. The highest BCUT2D eigenvalue weighted by Crippen LogP contribution is 2.29. The van der Waals surface area contributed by atoms with E-state index in [1.165, 1.54) is 18.2 Å². The highest BCUT2D eigenvalue weighted by Gasteiger charge is 2.22. The van der Waals surface area contributed by atoms with Gasteiger partial charge in [0.15, 0.2) is 0 Å². The van der Waals surface area contributed by atoms with Crippen LogP contribution in [0, 0.1) is 10.1 Å². The second-order valence-electron chi connectivity index (χ2n) is 6.50. The van der Waals surface area contributed by atoms with Crippen LogP contribution < -0.4 is 10.2 Å². The monoisotopic (exact) mass is 385 g/mol. The highest BCUT2D eigenvalue weighted by molar-refractivity contribution is 6.09. The zero-order valence-corrected chi connectivity index (χ0v) is 14.9. The molecule has 146 valence electrons. The van der Waals surface area contributed by atoms with Crippen molar-refractivity contribution in [3.8, 4) is 5.75 Å². The van der Waals surface area contributed by atoms with Gasteiger partial charge in [-0.05, 0) is 43.5 Å². The van der Waals surface area contributed by atoms with Crippen molar-refractivity contribution in [2.45, 2.75) is 19.3 Å². The van der Waals surface area contributed by atoms with Crippen LogP contribution in [0.1, 0.15) is 40.0 Å². The fourth-order valence-electron chi connectivity index (χ4n) is 3.21. The topological polar surface area (TPSA) is 133 Å². The molecule has 1 fully saturated rings. The van der Waals surface area contributed by atoms with Crippen LogP contribution in [0.3, 0.4) is 0 Å². The largest absolute Gasteiger partial charge is 0.507 e. The molecule has 3 rings (SSSR count). The standard InChI is InChI=1S/C19H19N3O6/c23-17-7-4-12(10-15(17)19(25)26)20-18(24)14-11-13(22(27)28)5-6-16(14)21-8-2-1-3-9-21/h4-7,10-11,23H,1-3,8-9H2,(H,20,24)(H,25,26). The second kappa shape index (κ2) is 7.95. The summed E-state index contributed by atoms with van der Waals surface area (Å²) in [5, 5.41) is 32.4. The lowest BCUT2D eigenvalue weighted by Gasteiger charge is -2.30. The molecule has 9 heteroatoms. The summed E-state index contributed by atoms with van der Waals surface area (Å²) in [4.78, 5) is 36.6. The number of aromatic hydroxyl groups is 1. The Balaban J connectivity index is 1.95. The highest BCUT2D eigenvalue weighted by atomic mass is 16.6. The van der Waals surface area contributed by atoms with Gasteiger partial charge in [-0.15, -0.1) is 0 Å². The molecule has 0 bridgehead atoms. The Bertz CT molecular complexity index is 937. The lowest BCUT2D eigenvalue weighted by atomic mass is 10.1. The number of carboxylic acid groups (broad SMARTS) is 1. The first-order valence-electron chi connectivity index (χ1n) is 8.78. The first-order chi connectivity index (χ1) is 13.4. The van der Waals surface area contributed by atoms with Crippen molar-refractivity contribution in [3.63, 3.8) is 0 Å². The summed E-state index contributed by atoms with van der Waals surface area (Å²) in [6.45, 7) is 1.50. The van der Waals surface area contributed by atoms with Crippen LogP contribution in [-0.2, 0) is 0 Å². The Labute approximate surface area is 160 Å². The summed E-state index contributed by atoms with van der Waals surface area (Å²) >= 11 is 0. The molecular weight excluding hydrogens is 366 g/mol. The van der Waals surface area contributed by atoms with Gasteiger partial charge in [-0.25, -0.2) is 4.79 Å². The zero-order chi connectivity index (χ0) is 20.3. The van der Waals surface area contributed by atoms with Crippen molar-refractivity contribution in [2.24, 2.45) is 0 Å². The van der Waals surface area contributed by atoms with Gasteiger partial charge < -0.3 is 20.4 Å². The van der Waals surface area contributed by atoms with Gasteiger partial charge in [0.1, 0.15) is 11.3 Å². The number of amides is 1. The first-order valence-corrected chi connectivity index (χ1v) is 8.78. The Morgan fingerprint density at radius 1 is 1.04 bits per heavy atom. The Morgan fingerprint density at radius 2 is 1.75 bits per heavy atom. The number of nitro groups is 1. The number of nitro benzene ring substituents is 1. The minimum absolute atomic E-state index is 0.140. The van der Waals surface area contributed by atoms with Crippen LogP contribution in [0.5, 0.6) is 5.75 Å². The zero-order valence-electron chi connectivity index (χ0n) is 14.9. The number of piperidine rings is 1. The van der Waals surface area contributed by atoms with Gasteiger partial charge in [0.05, 0.1) is 16.2 Å². The number of phenols is 1. The molecule has 28 heavy (non-hydrogen) atoms. The number of nitrogens with zero attached hydrogens (tertiary/aromatic N) is 2. The van der Waals surface area contributed by atoms with Crippen molar-refractivity contribution < 1.29 is 24.7 Å². The molecule has 0 radical (unpaired) electrons. The third kappa shape index (κ3) is 4.03. The number of aromatic carboxylic acids is 1. The van der Waals surface area contributed by atoms with Crippen molar-refractivity contribution in [1.29, 1.82) is 0 Å². The summed E-state index contributed by atoms with van der Waals surface area (Å²) in [5.74, 6) is -2.35. The number of nitrogens with one attached hydrogen (secondary N) is 1. The number of non-ortho nitro benzene ring substituents is 1. The maximum atomic E-state index is 12.8. The van der Waals surface area contributed by atoms with E-state index in [4.69, 9.17) is 5.11 Å². The summed E-state index contributed by atoms with van der Waals surface area (Å²) in [5.41, 5.74) is 0.341. The molecule has 0 aliphatic carbocycles. The lowest BCUT2D eigenvalue weighted by Crippen LogP contribution is -2.31. The molecule has 0 unspecified atom stereocenters. The summed E-state index contributed by atoms with van der Waals surface area (Å²) in [6, 6.07) is 7.81. The summed E-state index contributed by atoms with van der Waals surface area (Å²) in [6.07, 6.45) is 3.03. The Kier molecular flexibility index (Phi) is 5.44. The number of carboxylic acids is 1.